The van der Waals surface area contributed by atoms with Crippen molar-refractivity contribution in [2.24, 2.45) is 11.8 Å². The fraction of sp³-hybridized carbons (Fsp3) is 0.500. The molecule has 1 heterocycles. The molecule has 3 aliphatic rings. The number of benzene rings is 1. The molecule has 2 amide bonds. The maximum absolute atomic E-state index is 12.6. The number of imide groups is 1. The highest BCUT2D eigenvalue weighted by molar-refractivity contribution is 6.10. The molecule has 0 unspecified atom stereocenters. The van der Waals surface area contributed by atoms with Crippen LogP contribution in [0.15, 0.2) is 36.4 Å². The summed E-state index contributed by atoms with van der Waals surface area (Å²) in [6.45, 7) is -0.132. The quantitative estimate of drug-likeness (QED) is 0.470. The van der Waals surface area contributed by atoms with Gasteiger partial charge in [0.15, 0.2) is 5.78 Å². The normalized spacial score (nSPS) is 26.2. The van der Waals surface area contributed by atoms with E-state index in [4.69, 9.17) is 0 Å². The summed E-state index contributed by atoms with van der Waals surface area (Å²) in [6, 6.07) is 7.79. The highest BCUT2D eigenvalue weighted by atomic mass is 16.2. The van der Waals surface area contributed by atoms with Gasteiger partial charge in [-0.25, -0.2) is 0 Å². The van der Waals surface area contributed by atoms with Crippen molar-refractivity contribution in [2.75, 3.05) is 6.54 Å². The van der Waals surface area contributed by atoms with Crippen molar-refractivity contribution >= 4 is 17.6 Å². The third-order valence-electron chi connectivity index (χ3n) is 6.21. The summed E-state index contributed by atoms with van der Waals surface area (Å²) in [6.07, 6.45) is 11.5. The smallest absolute Gasteiger partial charge is 0.233 e. The number of Topliss-reactive ketones (excluding diaryl/α,β-unsaturated/α-hetero) is 1. The average molecular weight is 351 g/mol. The number of hydrogen-bond acceptors (Lipinski definition) is 3. The Morgan fingerprint density at radius 1 is 0.885 bits per heavy atom. The third kappa shape index (κ3) is 3.13. The fourth-order valence-corrected chi connectivity index (χ4v) is 4.64. The van der Waals surface area contributed by atoms with Crippen LogP contribution in [0.5, 0.6) is 0 Å². The maximum Gasteiger partial charge on any atom is 0.233 e. The standard InChI is InChI=1S/C22H25NO3/c24-20(14-23-21(25)18-8-4-5-9-19(18)22(23)26)17-12-10-16(11-13-17)15-6-2-1-3-7-15/h4-5,10-13,15,18-19H,1-3,6-9,14H2/t18-,19+. The van der Waals surface area contributed by atoms with Crippen molar-refractivity contribution in [2.45, 2.75) is 50.9 Å². The SMILES string of the molecule is O=C(CN1C(=O)[C@H]2CC=CC[C@H]2C1=O)c1ccc(C2CCCCC2)cc1. The van der Waals surface area contributed by atoms with Gasteiger partial charge >= 0.3 is 0 Å². The van der Waals surface area contributed by atoms with Crippen LogP contribution in [0, 0.1) is 11.8 Å². The molecular formula is C22H25NO3. The van der Waals surface area contributed by atoms with Gasteiger partial charge in [-0.3, -0.25) is 19.3 Å². The predicted octanol–water partition coefficient (Wildman–Crippen LogP) is 3.87. The van der Waals surface area contributed by atoms with Gasteiger partial charge in [-0.1, -0.05) is 55.7 Å². The number of carbonyl (C=O) groups excluding carboxylic acids is 3. The molecule has 0 radical (unpaired) electrons. The lowest BCUT2D eigenvalue weighted by atomic mass is 9.84. The monoisotopic (exact) mass is 351 g/mol. The van der Waals surface area contributed by atoms with Crippen LogP contribution in [0.2, 0.25) is 0 Å². The van der Waals surface area contributed by atoms with Gasteiger partial charge in [0.25, 0.3) is 0 Å². The Balaban J connectivity index is 1.43. The van der Waals surface area contributed by atoms with Crippen LogP contribution >= 0.6 is 0 Å². The number of nitrogens with zero attached hydrogens (tertiary/aromatic N) is 1. The van der Waals surface area contributed by atoms with Crippen LogP contribution in [0.4, 0.5) is 0 Å². The zero-order valence-corrected chi connectivity index (χ0v) is 15.0. The van der Waals surface area contributed by atoms with Crippen LogP contribution in [0.3, 0.4) is 0 Å². The number of rotatable bonds is 4. The Hall–Kier alpha value is -2.23. The molecule has 0 spiro atoms. The number of fused-ring (bicyclic) bond motifs is 1. The van der Waals surface area contributed by atoms with Gasteiger partial charge in [0.2, 0.25) is 11.8 Å². The van der Waals surface area contributed by atoms with Crippen molar-refractivity contribution in [3.63, 3.8) is 0 Å². The van der Waals surface area contributed by atoms with Gasteiger partial charge in [-0.05, 0) is 37.2 Å². The molecule has 4 rings (SSSR count). The highest BCUT2D eigenvalue weighted by Gasteiger charge is 2.47. The third-order valence-corrected chi connectivity index (χ3v) is 6.21. The van der Waals surface area contributed by atoms with Gasteiger partial charge in [-0.2, -0.15) is 0 Å². The van der Waals surface area contributed by atoms with Crippen molar-refractivity contribution in [1.29, 1.82) is 0 Å². The topological polar surface area (TPSA) is 54.5 Å². The number of likely N-dealkylation sites (tertiary alicyclic amines) is 1. The minimum atomic E-state index is -0.269. The van der Waals surface area contributed by atoms with Gasteiger partial charge in [0, 0.05) is 5.56 Å². The van der Waals surface area contributed by atoms with E-state index in [9.17, 15) is 14.4 Å². The van der Waals surface area contributed by atoms with E-state index in [1.165, 1.54) is 42.6 Å². The minimum absolute atomic E-state index is 0.132. The summed E-state index contributed by atoms with van der Waals surface area (Å²) in [4.78, 5) is 38.8. The summed E-state index contributed by atoms with van der Waals surface area (Å²) >= 11 is 0. The zero-order chi connectivity index (χ0) is 18.1. The molecule has 1 aliphatic heterocycles. The number of amides is 2. The predicted molar refractivity (Wildman–Crippen MR) is 98.7 cm³/mol. The van der Waals surface area contributed by atoms with E-state index >= 15 is 0 Å². The van der Waals surface area contributed by atoms with Crippen molar-refractivity contribution in [1.82, 2.24) is 4.90 Å². The summed E-state index contributed by atoms with van der Waals surface area (Å²) in [5.74, 6) is -0.463. The van der Waals surface area contributed by atoms with E-state index in [-0.39, 0.29) is 36.0 Å². The Labute approximate surface area is 154 Å². The first kappa shape index (κ1) is 17.2. The first-order valence-electron chi connectivity index (χ1n) is 9.78. The summed E-state index contributed by atoms with van der Waals surface area (Å²) in [7, 11) is 0. The van der Waals surface area contributed by atoms with Crippen LogP contribution in [0.25, 0.3) is 0 Å². The summed E-state index contributed by atoms with van der Waals surface area (Å²) < 4.78 is 0. The van der Waals surface area contributed by atoms with Gasteiger partial charge in [-0.15, -0.1) is 0 Å². The Morgan fingerprint density at radius 2 is 1.46 bits per heavy atom. The van der Waals surface area contributed by atoms with Gasteiger partial charge < -0.3 is 0 Å². The zero-order valence-electron chi connectivity index (χ0n) is 15.0. The Kier molecular flexibility index (Phi) is 4.75. The van der Waals surface area contributed by atoms with Crippen LogP contribution in [-0.2, 0) is 9.59 Å². The van der Waals surface area contributed by atoms with E-state index in [0.29, 0.717) is 24.3 Å². The van der Waals surface area contributed by atoms with Crippen LogP contribution in [0.1, 0.15) is 66.8 Å². The molecule has 0 bridgehead atoms. The van der Waals surface area contributed by atoms with Gasteiger partial charge in [0.1, 0.15) is 0 Å². The second-order valence-electron chi connectivity index (χ2n) is 7.80. The molecular weight excluding hydrogens is 326 g/mol. The van der Waals surface area contributed by atoms with E-state index in [2.05, 4.69) is 0 Å². The minimum Gasteiger partial charge on any atom is -0.292 e. The molecule has 4 nitrogen and oxygen atoms in total. The highest BCUT2D eigenvalue weighted by Crippen LogP contribution is 2.35. The first-order valence-corrected chi connectivity index (χ1v) is 9.78. The Bertz CT molecular complexity index is 717. The summed E-state index contributed by atoms with van der Waals surface area (Å²) in [5.41, 5.74) is 1.88. The van der Waals surface area contributed by atoms with Crippen LogP contribution < -0.4 is 0 Å². The van der Waals surface area contributed by atoms with E-state index in [1.54, 1.807) is 0 Å². The van der Waals surface area contributed by atoms with E-state index in [0.717, 1.165) is 0 Å². The van der Waals surface area contributed by atoms with E-state index in [1.807, 2.05) is 36.4 Å². The lowest BCUT2D eigenvalue weighted by Crippen LogP contribution is -2.36. The van der Waals surface area contributed by atoms with Crippen molar-refractivity contribution in [3.8, 4) is 0 Å². The molecule has 1 aromatic rings. The van der Waals surface area contributed by atoms with Gasteiger partial charge in [0.05, 0.1) is 18.4 Å². The molecule has 2 atom stereocenters. The molecule has 4 heteroatoms. The molecule has 1 saturated heterocycles. The fourth-order valence-electron chi connectivity index (χ4n) is 4.64. The molecule has 2 fully saturated rings. The number of hydrogen-bond donors (Lipinski definition) is 0. The summed E-state index contributed by atoms with van der Waals surface area (Å²) in [5, 5.41) is 0. The second-order valence-corrected chi connectivity index (χ2v) is 7.80. The number of carbonyl (C=O) groups is 3. The Morgan fingerprint density at radius 3 is 2.04 bits per heavy atom. The molecule has 0 aromatic heterocycles. The maximum atomic E-state index is 12.6. The first-order chi connectivity index (χ1) is 12.6. The average Bonchev–Trinajstić information content (AvgIpc) is 2.94. The number of ketones is 1. The lowest BCUT2D eigenvalue weighted by Gasteiger charge is -2.22. The largest absolute Gasteiger partial charge is 0.292 e. The van der Waals surface area contributed by atoms with Crippen molar-refractivity contribution in [3.05, 3.63) is 47.5 Å². The van der Waals surface area contributed by atoms with Crippen molar-refractivity contribution < 1.29 is 14.4 Å². The molecule has 26 heavy (non-hydrogen) atoms. The van der Waals surface area contributed by atoms with Crippen LogP contribution in [-0.4, -0.2) is 29.0 Å². The van der Waals surface area contributed by atoms with E-state index < -0.39 is 0 Å². The lowest BCUT2D eigenvalue weighted by molar-refractivity contribution is -0.139. The molecule has 136 valence electrons. The molecule has 1 aromatic carbocycles. The molecule has 1 saturated carbocycles. The second kappa shape index (κ2) is 7.18. The molecule has 0 N–H and O–H groups in total. The number of allylic oxidation sites excluding steroid dienone is 2. The molecule has 2 aliphatic carbocycles.